The number of carbonyl (C=O) groups is 1. The molecule has 2 unspecified atom stereocenters. The first-order valence-corrected chi connectivity index (χ1v) is 8.42. The van der Waals surface area contributed by atoms with Crippen LogP contribution in [-0.4, -0.2) is 43.9 Å². The van der Waals surface area contributed by atoms with Crippen LogP contribution in [0.25, 0.3) is 0 Å². The maximum absolute atomic E-state index is 12.0. The second-order valence-electron chi connectivity index (χ2n) is 6.36. The number of hydrogen-bond donors (Lipinski definition) is 2. The van der Waals surface area contributed by atoms with Gasteiger partial charge in [-0.2, -0.15) is 0 Å². The van der Waals surface area contributed by atoms with Crippen LogP contribution in [0.1, 0.15) is 51.9 Å². The smallest absolute Gasteiger partial charge is 0.238 e. The normalized spacial score (nSPS) is 28.9. The predicted molar refractivity (Wildman–Crippen MR) is 82.0 cm³/mol. The Morgan fingerprint density at radius 1 is 1.19 bits per heavy atom. The van der Waals surface area contributed by atoms with E-state index in [2.05, 4.69) is 12.2 Å². The van der Waals surface area contributed by atoms with Crippen LogP contribution in [0.5, 0.6) is 0 Å². The maximum Gasteiger partial charge on any atom is 0.238 e. The van der Waals surface area contributed by atoms with Gasteiger partial charge in [0.05, 0.1) is 13.2 Å². The van der Waals surface area contributed by atoms with Crippen molar-refractivity contribution in [1.29, 1.82) is 0 Å². The molecule has 3 N–H and O–H groups in total. The number of nitrogens with one attached hydrogen (secondary N) is 1. The number of carbonyl (C=O) groups excluding carboxylic acids is 1. The quantitative estimate of drug-likeness (QED) is 0.568. The van der Waals surface area contributed by atoms with Crippen molar-refractivity contribution in [3.63, 3.8) is 0 Å². The van der Waals surface area contributed by atoms with Crippen LogP contribution >= 0.6 is 0 Å². The summed E-state index contributed by atoms with van der Waals surface area (Å²) in [4.78, 5) is 12.0. The summed E-state index contributed by atoms with van der Waals surface area (Å²) in [5, 5.41) is 3.53. The van der Waals surface area contributed by atoms with Gasteiger partial charge in [-0.3, -0.25) is 4.79 Å². The third-order valence-corrected chi connectivity index (χ3v) is 4.63. The molecule has 122 valence electrons. The molecule has 0 aromatic carbocycles. The van der Waals surface area contributed by atoms with Gasteiger partial charge in [0.2, 0.25) is 5.91 Å². The van der Waals surface area contributed by atoms with E-state index < -0.39 is 5.54 Å². The minimum absolute atomic E-state index is 0.178. The van der Waals surface area contributed by atoms with E-state index in [1.54, 1.807) is 0 Å². The van der Waals surface area contributed by atoms with Crippen molar-refractivity contribution in [1.82, 2.24) is 5.32 Å². The fourth-order valence-corrected chi connectivity index (χ4v) is 3.34. The highest BCUT2D eigenvalue weighted by Crippen LogP contribution is 2.40. The lowest BCUT2D eigenvalue weighted by Crippen LogP contribution is -2.58. The molecular formula is C16H30N2O3. The number of hydrogen-bond acceptors (Lipinski definition) is 4. The molecule has 0 radical (unpaired) electrons. The monoisotopic (exact) mass is 298 g/mol. The molecule has 0 spiro atoms. The van der Waals surface area contributed by atoms with Crippen LogP contribution in [0.2, 0.25) is 0 Å². The summed E-state index contributed by atoms with van der Waals surface area (Å²) in [6.45, 7) is 4.85. The predicted octanol–water partition coefficient (Wildman–Crippen LogP) is 1.60. The Bertz CT molecular complexity index is 333. The van der Waals surface area contributed by atoms with Crippen molar-refractivity contribution in [2.24, 2.45) is 11.7 Å². The fraction of sp³-hybridized carbons (Fsp3) is 0.938. The largest absolute Gasteiger partial charge is 0.379 e. The Kier molecular flexibility index (Phi) is 6.45. The molecular weight excluding hydrogens is 268 g/mol. The van der Waals surface area contributed by atoms with Crippen LogP contribution < -0.4 is 11.1 Å². The highest BCUT2D eigenvalue weighted by atomic mass is 16.5. The summed E-state index contributed by atoms with van der Waals surface area (Å²) < 4.78 is 11.0. The molecule has 2 aliphatic rings. The first-order chi connectivity index (χ1) is 10.2. The Morgan fingerprint density at radius 2 is 1.90 bits per heavy atom. The van der Waals surface area contributed by atoms with Gasteiger partial charge in [-0.05, 0) is 44.4 Å². The molecule has 0 aromatic heterocycles. The van der Waals surface area contributed by atoms with Crippen molar-refractivity contribution < 1.29 is 14.3 Å². The molecule has 5 nitrogen and oxygen atoms in total. The molecule has 0 bridgehead atoms. The molecule has 2 aliphatic carbocycles. The summed E-state index contributed by atoms with van der Waals surface area (Å²) in [6, 6.07) is 0.501. The molecule has 0 saturated heterocycles. The van der Waals surface area contributed by atoms with E-state index in [-0.39, 0.29) is 5.91 Å². The van der Waals surface area contributed by atoms with Crippen molar-refractivity contribution in [3.05, 3.63) is 0 Å². The Labute approximate surface area is 127 Å². The first-order valence-electron chi connectivity index (χ1n) is 8.42. The van der Waals surface area contributed by atoms with E-state index >= 15 is 0 Å². The molecule has 0 aromatic rings. The van der Waals surface area contributed by atoms with E-state index in [1.807, 2.05) is 0 Å². The van der Waals surface area contributed by atoms with Gasteiger partial charge in [0.1, 0.15) is 5.54 Å². The minimum Gasteiger partial charge on any atom is -0.379 e. The van der Waals surface area contributed by atoms with Crippen LogP contribution in [0.15, 0.2) is 0 Å². The molecule has 2 fully saturated rings. The van der Waals surface area contributed by atoms with Crippen LogP contribution in [-0.2, 0) is 14.3 Å². The molecule has 2 saturated carbocycles. The SMILES string of the molecule is CCCOCCOCCC1CCCC1(NC1CC1)C(N)=O. The minimum atomic E-state index is -0.483. The summed E-state index contributed by atoms with van der Waals surface area (Å²) >= 11 is 0. The lowest BCUT2D eigenvalue weighted by atomic mass is 9.84. The van der Waals surface area contributed by atoms with Crippen molar-refractivity contribution in [2.45, 2.75) is 63.5 Å². The van der Waals surface area contributed by atoms with Gasteiger partial charge in [-0.15, -0.1) is 0 Å². The van der Waals surface area contributed by atoms with Crippen LogP contribution in [0.4, 0.5) is 0 Å². The van der Waals surface area contributed by atoms with Crippen molar-refractivity contribution in [2.75, 3.05) is 26.4 Å². The average molecular weight is 298 g/mol. The van der Waals surface area contributed by atoms with Gasteiger partial charge < -0.3 is 20.5 Å². The highest BCUT2D eigenvalue weighted by Gasteiger charge is 2.49. The van der Waals surface area contributed by atoms with Crippen molar-refractivity contribution in [3.8, 4) is 0 Å². The van der Waals surface area contributed by atoms with E-state index in [0.29, 0.717) is 31.8 Å². The van der Waals surface area contributed by atoms with Gasteiger partial charge in [-0.1, -0.05) is 13.3 Å². The van der Waals surface area contributed by atoms with Gasteiger partial charge in [0, 0.05) is 19.3 Å². The highest BCUT2D eigenvalue weighted by molar-refractivity contribution is 5.85. The van der Waals surface area contributed by atoms with E-state index in [4.69, 9.17) is 15.2 Å². The zero-order valence-corrected chi connectivity index (χ0v) is 13.2. The van der Waals surface area contributed by atoms with Gasteiger partial charge in [0.25, 0.3) is 0 Å². The second-order valence-corrected chi connectivity index (χ2v) is 6.36. The molecule has 5 heteroatoms. The van der Waals surface area contributed by atoms with E-state index in [9.17, 15) is 4.79 Å². The molecule has 0 aliphatic heterocycles. The number of amides is 1. The third-order valence-electron chi connectivity index (χ3n) is 4.63. The lowest BCUT2D eigenvalue weighted by molar-refractivity contribution is -0.126. The number of nitrogens with two attached hydrogens (primary N) is 1. The molecule has 0 heterocycles. The number of primary amides is 1. The van der Waals surface area contributed by atoms with E-state index in [1.165, 1.54) is 12.8 Å². The molecule has 1 amide bonds. The zero-order chi connectivity index (χ0) is 15.1. The first kappa shape index (κ1) is 16.7. The number of ether oxygens (including phenoxy) is 2. The average Bonchev–Trinajstić information content (AvgIpc) is 3.17. The fourth-order valence-electron chi connectivity index (χ4n) is 3.34. The van der Waals surface area contributed by atoms with Crippen LogP contribution in [0, 0.1) is 5.92 Å². The third kappa shape index (κ3) is 4.66. The van der Waals surface area contributed by atoms with Gasteiger partial charge in [-0.25, -0.2) is 0 Å². The van der Waals surface area contributed by atoms with Gasteiger partial charge in [0.15, 0.2) is 0 Å². The van der Waals surface area contributed by atoms with Crippen molar-refractivity contribution >= 4 is 5.91 Å². The second kappa shape index (κ2) is 8.11. The Hall–Kier alpha value is -0.650. The summed E-state index contributed by atoms with van der Waals surface area (Å²) in [7, 11) is 0. The van der Waals surface area contributed by atoms with Crippen LogP contribution in [0.3, 0.4) is 0 Å². The standard InChI is InChI=1S/C16H30N2O3/c1-2-9-20-11-12-21-10-7-13-4-3-8-16(13,15(17)19)18-14-5-6-14/h13-14,18H,2-12H2,1H3,(H2,17,19). The maximum atomic E-state index is 12.0. The number of rotatable bonds is 11. The molecule has 2 rings (SSSR count). The topological polar surface area (TPSA) is 73.6 Å². The Balaban J connectivity index is 1.71. The molecule has 2 atom stereocenters. The Morgan fingerprint density at radius 3 is 2.52 bits per heavy atom. The zero-order valence-electron chi connectivity index (χ0n) is 13.2. The summed E-state index contributed by atoms with van der Waals surface area (Å²) in [5.74, 6) is 0.135. The summed E-state index contributed by atoms with van der Waals surface area (Å²) in [6.07, 6.45) is 7.31. The summed E-state index contributed by atoms with van der Waals surface area (Å²) in [5.41, 5.74) is 5.24. The van der Waals surface area contributed by atoms with E-state index in [0.717, 1.165) is 38.7 Å². The molecule has 21 heavy (non-hydrogen) atoms. The lowest BCUT2D eigenvalue weighted by Gasteiger charge is -2.34. The van der Waals surface area contributed by atoms with Gasteiger partial charge >= 0.3 is 0 Å².